The van der Waals surface area contributed by atoms with Crippen LogP contribution in [0.3, 0.4) is 0 Å². The fraction of sp³-hybridized carbons (Fsp3) is 0.465. The number of nitrogens with one attached hydrogen (secondary N) is 2. The number of rotatable bonds is 11. The summed E-state index contributed by atoms with van der Waals surface area (Å²) >= 11 is 0. The van der Waals surface area contributed by atoms with Crippen LogP contribution in [0, 0.1) is 5.41 Å². The van der Waals surface area contributed by atoms with Crippen molar-refractivity contribution in [3.63, 3.8) is 0 Å². The fourth-order valence-electron chi connectivity index (χ4n) is 9.08. The summed E-state index contributed by atoms with van der Waals surface area (Å²) in [6.45, 7) is 8.07. The summed E-state index contributed by atoms with van der Waals surface area (Å²) in [7, 11) is 0. The minimum absolute atomic E-state index is 0.0838. The predicted molar refractivity (Wildman–Crippen MR) is 212 cm³/mol. The lowest BCUT2D eigenvalue weighted by Gasteiger charge is -2.43. The lowest BCUT2D eigenvalue weighted by Crippen LogP contribution is -2.49. The van der Waals surface area contributed by atoms with Gasteiger partial charge in [-0.1, -0.05) is 55.5 Å². The van der Waals surface area contributed by atoms with E-state index in [1.54, 1.807) is 4.68 Å². The Kier molecular flexibility index (Phi) is 10.9. The van der Waals surface area contributed by atoms with E-state index in [-0.39, 0.29) is 47.9 Å². The normalized spacial score (nSPS) is 25.1. The Morgan fingerprint density at radius 3 is 1.93 bits per heavy atom. The molecule has 3 aromatic carbocycles. The zero-order chi connectivity index (χ0) is 38.0. The van der Waals surface area contributed by atoms with Crippen molar-refractivity contribution in [2.24, 2.45) is 11.1 Å². The van der Waals surface area contributed by atoms with Crippen molar-refractivity contribution in [3.8, 4) is 5.69 Å². The van der Waals surface area contributed by atoms with Crippen LogP contribution < -0.4 is 26.2 Å². The molecule has 4 aromatic rings. The van der Waals surface area contributed by atoms with Gasteiger partial charge in [0.05, 0.1) is 23.6 Å². The number of carbonyl (C=O) groups excluding carboxylic acids is 3. The largest absolute Gasteiger partial charge is 0.378 e. The number of hydrogen-bond acceptors (Lipinski definition) is 7. The Morgan fingerprint density at radius 2 is 1.35 bits per heavy atom. The molecular formula is C43H54N8O3. The zero-order valence-electron chi connectivity index (χ0n) is 32.0. The highest BCUT2D eigenvalue weighted by atomic mass is 16.2. The molecule has 0 unspecified atom stereocenters. The number of carbonyl (C=O) groups is 3. The Morgan fingerprint density at radius 1 is 0.796 bits per heavy atom. The van der Waals surface area contributed by atoms with Gasteiger partial charge in [0.15, 0.2) is 0 Å². The van der Waals surface area contributed by atoms with Gasteiger partial charge in [-0.15, -0.1) is 5.10 Å². The van der Waals surface area contributed by atoms with E-state index in [1.807, 2.05) is 72.3 Å². The number of fused-ring (bicyclic) bond motifs is 2. The summed E-state index contributed by atoms with van der Waals surface area (Å²) < 4.78 is 1.78. The average molecular weight is 731 g/mol. The number of aromatic nitrogens is 3. The van der Waals surface area contributed by atoms with Crippen molar-refractivity contribution < 1.29 is 14.4 Å². The van der Waals surface area contributed by atoms with Crippen molar-refractivity contribution in [1.82, 2.24) is 20.3 Å². The quantitative estimate of drug-likeness (QED) is 0.149. The van der Waals surface area contributed by atoms with Crippen LogP contribution in [-0.4, -0.2) is 50.8 Å². The van der Waals surface area contributed by atoms with Crippen molar-refractivity contribution >= 4 is 34.8 Å². The lowest BCUT2D eigenvalue weighted by molar-refractivity contribution is -0.130. The smallest absolute Gasteiger partial charge is 0.226 e. The molecule has 3 heterocycles. The molecule has 1 saturated carbocycles. The number of amides is 3. The average Bonchev–Trinajstić information content (AvgIpc) is 3.67. The molecule has 0 bridgehead atoms. The van der Waals surface area contributed by atoms with Crippen LogP contribution in [0.25, 0.3) is 5.69 Å². The first-order chi connectivity index (χ1) is 26.1. The summed E-state index contributed by atoms with van der Waals surface area (Å²) in [5.74, 6) is 0.0618. The highest BCUT2D eigenvalue weighted by Crippen LogP contribution is 2.43. The number of hydrogen-bond donors (Lipinski definition) is 3. The Balaban J connectivity index is 0.953. The van der Waals surface area contributed by atoms with Gasteiger partial charge in [-0.3, -0.25) is 14.4 Å². The SMILES string of the molecule is CCC(=O)N1c2ccccc2[C@H](Nc2ccc(-n3cc(CCC4(C(N)=O)CCC(N[C@@H]5C[C@H](C)N(C(=O)CC)c6ccccc65)CC4)nn3)cc2)C[C@@H]1C. The standard InChI is InChI=1S/C43H54N8O3/c1-5-40(52)50-28(3)25-36(34-11-7-9-13-38(34)50)45-30-15-17-33(18-16-30)49-27-32(47-48-49)21-24-43(42(44)54)22-19-31(20-23-43)46-37-26-29(4)51(41(53)6-2)39-14-10-8-12-35(37)39/h7-18,27-29,31,36-37,45-46H,5-6,19-26H2,1-4H3,(H2,44,54)/t28-,29-,31?,36+,37+,43?/m0/s1. The van der Waals surface area contributed by atoms with Crippen LogP contribution in [0.4, 0.5) is 17.1 Å². The number of anilines is 3. The molecule has 1 fully saturated rings. The minimum Gasteiger partial charge on any atom is -0.378 e. The molecule has 3 aliphatic rings. The van der Waals surface area contributed by atoms with E-state index < -0.39 is 5.41 Å². The fourth-order valence-corrected chi connectivity index (χ4v) is 9.08. The van der Waals surface area contributed by atoms with E-state index in [1.165, 1.54) is 5.56 Å². The molecule has 0 spiro atoms. The van der Waals surface area contributed by atoms with E-state index in [9.17, 15) is 14.4 Å². The number of benzene rings is 3. The highest BCUT2D eigenvalue weighted by molar-refractivity contribution is 5.96. The number of aryl methyl sites for hydroxylation is 1. The molecule has 54 heavy (non-hydrogen) atoms. The molecular weight excluding hydrogens is 677 g/mol. The van der Waals surface area contributed by atoms with Gasteiger partial charge in [0.1, 0.15) is 0 Å². The highest BCUT2D eigenvalue weighted by Gasteiger charge is 2.42. The van der Waals surface area contributed by atoms with Crippen molar-refractivity contribution in [1.29, 1.82) is 0 Å². The van der Waals surface area contributed by atoms with Gasteiger partial charge in [0, 0.05) is 59.5 Å². The van der Waals surface area contributed by atoms with Crippen LogP contribution in [0.5, 0.6) is 0 Å². The van der Waals surface area contributed by atoms with Crippen LogP contribution in [0.1, 0.15) is 114 Å². The lowest BCUT2D eigenvalue weighted by atomic mass is 9.69. The number of nitrogens with zero attached hydrogens (tertiary/aromatic N) is 5. The monoisotopic (exact) mass is 730 g/mol. The second-order valence-corrected chi connectivity index (χ2v) is 15.6. The van der Waals surface area contributed by atoms with Gasteiger partial charge in [-0.2, -0.15) is 0 Å². The van der Waals surface area contributed by atoms with Gasteiger partial charge >= 0.3 is 0 Å². The Bertz CT molecular complexity index is 1970. The molecule has 3 amide bonds. The van der Waals surface area contributed by atoms with Gasteiger partial charge in [-0.05, 0) is 113 Å². The van der Waals surface area contributed by atoms with Crippen molar-refractivity contribution in [2.75, 3.05) is 15.1 Å². The molecule has 0 radical (unpaired) electrons. The Hall–Kier alpha value is -5.03. The van der Waals surface area contributed by atoms with E-state index in [2.05, 4.69) is 65.1 Å². The number of primary amides is 1. The first kappa shape index (κ1) is 37.3. The third-order valence-electron chi connectivity index (χ3n) is 12.1. The van der Waals surface area contributed by atoms with Gasteiger partial charge in [-0.25, -0.2) is 4.68 Å². The van der Waals surface area contributed by atoms with Crippen LogP contribution in [0.2, 0.25) is 0 Å². The maximum atomic E-state index is 13.0. The molecule has 1 aromatic heterocycles. The second kappa shape index (κ2) is 15.8. The molecule has 11 heteroatoms. The van der Waals surface area contributed by atoms with Crippen LogP contribution in [-0.2, 0) is 20.8 Å². The molecule has 284 valence electrons. The maximum Gasteiger partial charge on any atom is 0.226 e. The number of para-hydroxylation sites is 2. The number of nitrogens with two attached hydrogens (primary N) is 1. The van der Waals surface area contributed by atoms with E-state index in [4.69, 9.17) is 5.73 Å². The van der Waals surface area contributed by atoms with Crippen LogP contribution >= 0.6 is 0 Å². The molecule has 2 aliphatic heterocycles. The molecule has 0 saturated heterocycles. The van der Waals surface area contributed by atoms with E-state index >= 15 is 0 Å². The summed E-state index contributed by atoms with van der Waals surface area (Å²) in [6.07, 6.45) is 9.00. The van der Waals surface area contributed by atoms with Crippen LogP contribution in [0.15, 0.2) is 79.0 Å². The van der Waals surface area contributed by atoms with E-state index in [0.717, 1.165) is 72.5 Å². The topological polar surface area (TPSA) is 138 Å². The third kappa shape index (κ3) is 7.38. The summed E-state index contributed by atoms with van der Waals surface area (Å²) in [4.78, 5) is 42.4. The maximum absolute atomic E-state index is 13.0. The Labute approximate surface area is 318 Å². The summed E-state index contributed by atoms with van der Waals surface area (Å²) in [5.41, 5.74) is 12.5. The predicted octanol–water partition coefficient (Wildman–Crippen LogP) is 7.17. The first-order valence-electron chi connectivity index (χ1n) is 19.8. The molecule has 7 rings (SSSR count). The van der Waals surface area contributed by atoms with E-state index in [0.29, 0.717) is 25.7 Å². The third-order valence-corrected chi connectivity index (χ3v) is 12.1. The summed E-state index contributed by atoms with van der Waals surface area (Å²) in [6, 6.07) is 25.3. The molecule has 1 aliphatic carbocycles. The van der Waals surface area contributed by atoms with Gasteiger partial charge in [0.25, 0.3) is 0 Å². The first-order valence-corrected chi connectivity index (χ1v) is 19.8. The molecule has 4 N–H and O–H groups in total. The van der Waals surface area contributed by atoms with Gasteiger partial charge < -0.3 is 26.2 Å². The zero-order valence-corrected chi connectivity index (χ0v) is 32.0. The molecule has 11 nitrogen and oxygen atoms in total. The summed E-state index contributed by atoms with van der Waals surface area (Å²) in [5, 5.41) is 16.5. The molecule has 4 atom stereocenters. The van der Waals surface area contributed by atoms with Gasteiger partial charge in [0.2, 0.25) is 17.7 Å². The minimum atomic E-state index is -0.576. The van der Waals surface area contributed by atoms with Crippen molar-refractivity contribution in [3.05, 3.63) is 95.8 Å². The second-order valence-electron chi connectivity index (χ2n) is 15.6. The van der Waals surface area contributed by atoms with Crippen molar-refractivity contribution in [2.45, 2.75) is 122 Å².